The van der Waals surface area contributed by atoms with Crippen LogP contribution >= 0.6 is 27.3 Å². The van der Waals surface area contributed by atoms with Crippen LogP contribution in [0.4, 0.5) is 0 Å². The van der Waals surface area contributed by atoms with Crippen LogP contribution < -0.4 is 10.5 Å². The van der Waals surface area contributed by atoms with Crippen molar-refractivity contribution in [3.63, 3.8) is 0 Å². The molecule has 3 N–H and O–H groups in total. The van der Waals surface area contributed by atoms with E-state index in [0.717, 1.165) is 16.9 Å². The second-order valence-corrected chi connectivity index (χ2v) is 8.11. The summed E-state index contributed by atoms with van der Waals surface area (Å²) in [6, 6.07) is 7.14. The van der Waals surface area contributed by atoms with E-state index in [1.54, 1.807) is 29.5 Å². The standard InChI is InChI=1S/C14H17BrN2O2S2/c1-2-11-5-6-20-13(11)9-17-21(18,19)14-7-10(8-16)3-4-12(14)15/h3-7,17H,2,8-9,16H2,1H3. The average molecular weight is 389 g/mol. The smallest absolute Gasteiger partial charge is 0.242 e. The van der Waals surface area contributed by atoms with Crippen molar-refractivity contribution in [3.05, 3.63) is 50.1 Å². The van der Waals surface area contributed by atoms with E-state index in [9.17, 15) is 8.42 Å². The molecule has 0 aliphatic carbocycles. The van der Waals surface area contributed by atoms with Crippen molar-refractivity contribution in [2.24, 2.45) is 5.73 Å². The van der Waals surface area contributed by atoms with Gasteiger partial charge in [-0.25, -0.2) is 13.1 Å². The highest BCUT2D eigenvalue weighted by molar-refractivity contribution is 9.10. The molecule has 0 unspecified atom stereocenters. The number of sulfonamides is 1. The molecule has 0 fully saturated rings. The van der Waals surface area contributed by atoms with Crippen molar-refractivity contribution in [2.75, 3.05) is 0 Å². The van der Waals surface area contributed by atoms with Crippen LogP contribution in [0.5, 0.6) is 0 Å². The molecule has 1 heterocycles. The van der Waals surface area contributed by atoms with Gasteiger partial charge in [-0.15, -0.1) is 11.3 Å². The Morgan fingerprint density at radius 2 is 2.10 bits per heavy atom. The van der Waals surface area contributed by atoms with Crippen LogP contribution in [0.2, 0.25) is 0 Å². The third-order valence-corrected chi connectivity index (χ3v) is 6.52. The number of rotatable bonds is 6. The maximum atomic E-state index is 12.4. The fraction of sp³-hybridized carbons (Fsp3) is 0.286. The third-order valence-electron chi connectivity index (χ3n) is 3.16. The van der Waals surface area contributed by atoms with Gasteiger partial charge in [-0.2, -0.15) is 0 Å². The Morgan fingerprint density at radius 1 is 1.33 bits per heavy atom. The van der Waals surface area contributed by atoms with Crippen molar-refractivity contribution in [1.29, 1.82) is 0 Å². The van der Waals surface area contributed by atoms with Crippen LogP contribution in [0.25, 0.3) is 0 Å². The van der Waals surface area contributed by atoms with Gasteiger partial charge in [0.25, 0.3) is 0 Å². The minimum absolute atomic E-state index is 0.222. The Balaban J connectivity index is 2.23. The van der Waals surface area contributed by atoms with E-state index in [2.05, 4.69) is 27.6 Å². The molecule has 2 aromatic rings. The van der Waals surface area contributed by atoms with Gasteiger partial charge in [-0.3, -0.25) is 0 Å². The van der Waals surface area contributed by atoms with Gasteiger partial charge in [0, 0.05) is 22.4 Å². The molecule has 0 spiro atoms. The van der Waals surface area contributed by atoms with E-state index in [-0.39, 0.29) is 4.90 Å². The molecule has 0 amide bonds. The highest BCUT2D eigenvalue weighted by Crippen LogP contribution is 2.24. The van der Waals surface area contributed by atoms with Gasteiger partial charge in [0.2, 0.25) is 10.0 Å². The predicted octanol–water partition coefficient (Wildman–Crippen LogP) is 3.01. The summed E-state index contributed by atoms with van der Waals surface area (Å²) in [6.45, 7) is 2.67. The van der Waals surface area contributed by atoms with E-state index >= 15 is 0 Å². The summed E-state index contributed by atoms with van der Waals surface area (Å²) >= 11 is 4.85. The van der Waals surface area contributed by atoms with E-state index in [4.69, 9.17) is 5.73 Å². The number of nitrogens with one attached hydrogen (secondary N) is 1. The molecular formula is C14H17BrN2O2S2. The number of halogens is 1. The van der Waals surface area contributed by atoms with Gasteiger partial charge in [0.15, 0.2) is 0 Å². The van der Waals surface area contributed by atoms with Gasteiger partial charge in [0.1, 0.15) is 0 Å². The van der Waals surface area contributed by atoms with Gasteiger partial charge in [-0.1, -0.05) is 13.0 Å². The van der Waals surface area contributed by atoms with Crippen molar-refractivity contribution >= 4 is 37.3 Å². The van der Waals surface area contributed by atoms with E-state index < -0.39 is 10.0 Å². The molecule has 0 atom stereocenters. The molecule has 0 saturated heterocycles. The van der Waals surface area contributed by atoms with Gasteiger partial charge < -0.3 is 5.73 Å². The second-order valence-electron chi connectivity index (χ2n) is 4.52. The highest BCUT2D eigenvalue weighted by atomic mass is 79.9. The first-order valence-corrected chi connectivity index (χ1v) is 9.67. The number of hydrogen-bond acceptors (Lipinski definition) is 4. The zero-order valence-electron chi connectivity index (χ0n) is 11.6. The highest BCUT2D eigenvalue weighted by Gasteiger charge is 2.18. The first-order chi connectivity index (χ1) is 9.97. The average Bonchev–Trinajstić information content (AvgIpc) is 2.93. The Bertz CT molecular complexity index is 726. The van der Waals surface area contributed by atoms with Gasteiger partial charge in [0.05, 0.1) is 4.90 Å². The van der Waals surface area contributed by atoms with Gasteiger partial charge in [-0.05, 0) is 57.1 Å². The number of aryl methyl sites for hydroxylation is 1. The van der Waals surface area contributed by atoms with Crippen LogP contribution in [0.15, 0.2) is 39.0 Å². The summed E-state index contributed by atoms with van der Waals surface area (Å²) in [7, 11) is -3.57. The Labute approximate surface area is 137 Å². The molecular weight excluding hydrogens is 372 g/mol. The van der Waals surface area contributed by atoms with Crippen LogP contribution in [0.3, 0.4) is 0 Å². The zero-order valence-corrected chi connectivity index (χ0v) is 14.8. The summed E-state index contributed by atoms with van der Waals surface area (Å²) in [6.07, 6.45) is 0.896. The summed E-state index contributed by atoms with van der Waals surface area (Å²) in [5, 5.41) is 1.98. The van der Waals surface area contributed by atoms with Crippen molar-refractivity contribution < 1.29 is 8.42 Å². The first kappa shape index (κ1) is 16.6. The maximum Gasteiger partial charge on any atom is 0.242 e. The molecule has 2 rings (SSSR count). The Kier molecular flexibility index (Phi) is 5.56. The van der Waals surface area contributed by atoms with Crippen molar-refractivity contribution in [2.45, 2.75) is 31.3 Å². The molecule has 4 nitrogen and oxygen atoms in total. The lowest BCUT2D eigenvalue weighted by atomic mass is 10.2. The lowest BCUT2D eigenvalue weighted by Gasteiger charge is -2.10. The van der Waals surface area contributed by atoms with Crippen molar-refractivity contribution in [3.8, 4) is 0 Å². The SMILES string of the molecule is CCc1ccsc1CNS(=O)(=O)c1cc(CN)ccc1Br. The number of hydrogen-bond donors (Lipinski definition) is 2. The van der Waals surface area contributed by atoms with Gasteiger partial charge >= 0.3 is 0 Å². The largest absolute Gasteiger partial charge is 0.326 e. The quantitative estimate of drug-likeness (QED) is 0.798. The lowest BCUT2D eigenvalue weighted by Crippen LogP contribution is -2.24. The summed E-state index contributed by atoms with van der Waals surface area (Å²) in [5.74, 6) is 0. The van der Waals surface area contributed by atoms with E-state index in [0.29, 0.717) is 17.6 Å². The molecule has 0 radical (unpaired) electrons. The zero-order chi connectivity index (χ0) is 15.5. The number of thiophene rings is 1. The minimum atomic E-state index is -3.57. The minimum Gasteiger partial charge on any atom is -0.326 e. The molecule has 7 heteroatoms. The molecule has 114 valence electrons. The molecule has 0 saturated carbocycles. The molecule has 1 aromatic heterocycles. The van der Waals surface area contributed by atoms with Crippen LogP contribution in [0, 0.1) is 0 Å². The van der Waals surface area contributed by atoms with Crippen LogP contribution in [-0.4, -0.2) is 8.42 Å². The van der Waals surface area contributed by atoms with E-state index in [1.807, 2.05) is 11.4 Å². The fourth-order valence-electron chi connectivity index (χ4n) is 1.96. The molecule has 0 bridgehead atoms. The van der Waals surface area contributed by atoms with Crippen LogP contribution in [0.1, 0.15) is 22.9 Å². The molecule has 1 aromatic carbocycles. The normalized spacial score (nSPS) is 11.8. The van der Waals surface area contributed by atoms with Crippen molar-refractivity contribution in [1.82, 2.24) is 4.72 Å². The summed E-state index contributed by atoms with van der Waals surface area (Å²) in [5.41, 5.74) is 7.53. The maximum absolute atomic E-state index is 12.4. The summed E-state index contributed by atoms with van der Waals surface area (Å²) < 4.78 is 28.1. The third kappa shape index (κ3) is 3.92. The lowest BCUT2D eigenvalue weighted by molar-refractivity contribution is 0.581. The predicted molar refractivity (Wildman–Crippen MR) is 89.8 cm³/mol. The topological polar surface area (TPSA) is 72.2 Å². The molecule has 0 aliphatic heterocycles. The van der Waals surface area contributed by atoms with E-state index in [1.165, 1.54) is 5.56 Å². The monoisotopic (exact) mass is 388 g/mol. The molecule has 0 aliphatic rings. The Morgan fingerprint density at radius 3 is 2.76 bits per heavy atom. The second kappa shape index (κ2) is 7.02. The number of nitrogens with two attached hydrogens (primary N) is 1. The Hall–Kier alpha value is -0.730. The first-order valence-electron chi connectivity index (χ1n) is 6.51. The molecule has 21 heavy (non-hydrogen) atoms. The van der Waals surface area contributed by atoms with Crippen LogP contribution in [-0.2, 0) is 29.5 Å². The number of benzene rings is 1. The summed E-state index contributed by atoms with van der Waals surface area (Å²) in [4.78, 5) is 1.27. The fourth-order valence-corrected chi connectivity index (χ4v) is 4.97.